The summed E-state index contributed by atoms with van der Waals surface area (Å²) < 4.78 is 0. The second-order valence-electron chi connectivity index (χ2n) is 14.6. The second kappa shape index (κ2) is 27.7. The molecule has 0 aromatic heterocycles. The van der Waals surface area contributed by atoms with E-state index in [1.165, 1.54) is 36.0 Å². The van der Waals surface area contributed by atoms with Crippen LogP contribution in [0.4, 0.5) is 0 Å². The first-order valence-corrected chi connectivity index (χ1v) is 18.8. The Morgan fingerprint density at radius 3 is 0.938 bits per heavy atom. The molecule has 0 aliphatic rings. The SMILES string of the molecule is CCc1ccccc1C(CC(C)C)C(C)C.C[CH-]CC(c1ccccc1CC)C(C)C.C[CH-]CC(c1ccccc1CC)C(C)C.[Pt].[Pt]. The summed E-state index contributed by atoms with van der Waals surface area (Å²) >= 11 is 0. The average molecular weight is 1020 g/mol. The van der Waals surface area contributed by atoms with Gasteiger partial charge in [0.05, 0.1) is 0 Å². The van der Waals surface area contributed by atoms with Crippen molar-refractivity contribution in [2.24, 2.45) is 23.7 Å². The van der Waals surface area contributed by atoms with Crippen LogP contribution < -0.4 is 0 Å². The number of rotatable bonds is 15. The van der Waals surface area contributed by atoms with Gasteiger partial charge in [-0.05, 0) is 100 Å². The summed E-state index contributed by atoms with van der Waals surface area (Å²) in [7, 11) is 0. The van der Waals surface area contributed by atoms with Crippen molar-refractivity contribution in [1.82, 2.24) is 0 Å². The maximum Gasteiger partial charge on any atom is 0 e. The van der Waals surface area contributed by atoms with Gasteiger partial charge in [-0.2, -0.15) is 26.7 Å². The topological polar surface area (TPSA) is 0 Å². The van der Waals surface area contributed by atoms with Gasteiger partial charge in [-0.3, -0.25) is 0 Å². The first-order valence-electron chi connectivity index (χ1n) is 18.8. The van der Waals surface area contributed by atoms with E-state index in [-0.39, 0.29) is 42.1 Å². The monoisotopic (exact) mass is 1010 g/mol. The number of aryl methyl sites for hydroxylation is 3. The van der Waals surface area contributed by atoms with Crippen LogP contribution in [0.25, 0.3) is 0 Å². The number of benzene rings is 3. The van der Waals surface area contributed by atoms with Crippen molar-refractivity contribution in [1.29, 1.82) is 0 Å². The molecule has 3 aromatic rings. The molecule has 0 N–H and O–H groups in total. The molecule has 0 aliphatic carbocycles. The Morgan fingerprint density at radius 2 is 0.708 bits per heavy atom. The standard InChI is InChI=1S/C16H26.2C15H23.2Pt/c1-6-14-9-7-8-10-15(14)16(13(4)5)11-12(2)3;2*1-5-9-14(12(3)4)15-11-8-7-10-13(15)6-2;;/h7-10,12-13,16H,6,11H2,1-5H3;2*5,7-8,10-12,14H,6,9H2,1-4H3;;/q;2*-1;;. The van der Waals surface area contributed by atoms with E-state index in [9.17, 15) is 0 Å². The Labute approximate surface area is 329 Å². The fourth-order valence-corrected chi connectivity index (χ4v) is 6.94. The van der Waals surface area contributed by atoms with Crippen molar-refractivity contribution >= 4 is 0 Å². The van der Waals surface area contributed by atoms with Crippen LogP contribution in [0.5, 0.6) is 0 Å². The van der Waals surface area contributed by atoms with Crippen LogP contribution in [0.15, 0.2) is 72.8 Å². The first-order chi connectivity index (χ1) is 22.0. The van der Waals surface area contributed by atoms with Crippen molar-refractivity contribution in [2.75, 3.05) is 0 Å². The molecule has 3 atom stereocenters. The van der Waals surface area contributed by atoms with Gasteiger partial charge >= 0.3 is 0 Å². The van der Waals surface area contributed by atoms with E-state index in [0.717, 1.165) is 37.0 Å². The number of hydrogen-bond acceptors (Lipinski definition) is 0. The molecule has 0 bridgehead atoms. The van der Waals surface area contributed by atoms with Gasteiger partial charge in [0.25, 0.3) is 0 Å². The minimum absolute atomic E-state index is 0. The zero-order valence-corrected chi connectivity index (χ0v) is 37.5. The molecular formula is C46H72Pt2-2. The summed E-state index contributed by atoms with van der Waals surface area (Å²) in [5.41, 5.74) is 9.23. The molecular weight excluding hydrogens is 943 g/mol. The first kappa shape index (κ1) is 49.1. The quantitative estimate of drug-likeness (QED) is 0.133. The Hall–Kier alpha value is -0.963. The molecule has 0 radical (unpaired) electrons. The predicted molar refractivity (Wildman–Crippen MR) is 209 cm³/mol. The summed E-state index contributed by atoms with van der Waals surface area (Å²) in [4.78, 5) is 0. The minimum atomic E-state index is 0. The molecule has 3 aromatic carbocycles. The van der Waals surface area contributed by atoms with Crippen LogP contribution in [0, 0.1) is 36.5 Å². The molecule has 0 amide bonds. The second-order valence-corrected chi connectivity index (χ2v) is 14.6. The van der Waals surface area contributed by atoms with E-state index in [0.29, 0.717) is 23.7 Å². The van der Waals surface area contributed by atoms with E-state index in [1.807, 2.05) is 0 Å². The van der Waals surface area contributed by atoms with Crippen molar-refractivity contribution in [2.45, 2.75) is 146 Å². The molecule has 0 spiro atoms. The predicted octanol–water partition coefficient (Wildman–Crippen LogP) is 14.2. The van der Waals surface area contributed by atoms with Crippen LogP contribution in [-0.4, -0.2) is 0 Å². The van der Waals surface area contributed by atoms with Crippen molar-refractivity contribution in [3.05, 3.63) is 119 Å². The summed E-state index contributed by atoms with van der Waals surface area (Å²) in [5.74, 6) is 5.03. The Bertz CT molecular complexity index is 1130. The third kappa shape index (κ3) is 16.8. The largest absolute Gasteiger partial charge is 0.331 e. The van der Waals surface area contributed by atoms with Crippen molar-refractivity contribution in [3.8, 4) is 0 Å². The van der Waals surface area contributed by atoms with E-state index < -0.39 is 0 Å². The van der Waals surface area contributed by atoms with Crippen molar-refractivity contribution in [3.63, 3.8) is 0 Å². The summed E-state index contributed by atoms with van der Waals surface area (Å²) in [6.07, 6.45) is 11.7. The Balaban J connectivity index is 0. The number of hydrogen-bond donors (Lipinski definition) is 0. The molecule has 0 aliphatic heterocycles. The summed E-state index contributed by atoms with van der Waals surface area (Å²) in [6.45, 7) is 29.7. The zero-order chi connectivity index (χ0) is 34.6. The summed E-state index contributed by atoms with van der Waals surface area (Å²) in [6, 6.07) is 26.7. The zero-order valence-electron chi connectivity index (χ0n) is 33.0. The normalized spacial score (nSPS) is 12.7. The maximum atomic E-state index is 2.35. The van der Waals surface area contributed by atoms with E-state index in [4.69, 9.17) is 0 Å². The fraction of sp³-hybridized carbons (Fsp3) is 0.565. The average Bonchev–Trinajstić information content (AvgIpc) is 3.05. The third-order valence-electron chi connectivity index (χ3n) is 9.63. The van der Waals surface area contributed by atoms with Gasteiger partial charge in [-0.1, -0.05) is 149 Å². The van der Waals surface area contributed by atoms with Crippen LogP contribution in [-0.2, 0) is 61.4 Å². The van der Waals surface area contributed by atoms with Gasteiger partial charge in [0.1, 0.15) is 0 Å². The maximum absolute atomic E-state index is 2.35. The van der Waals surface area contributed by atoms with Gasteiger partial charge < -0.3 is 12.8 Å². The van der Waals surface area contributed by atoms with E-state index >= 15 is 0 Å². The molecule has 3 rings (SSSR count). The molecule has 48 heavy (non-hydrogen) atoms. The van der Waals surface area contributed by atoms with E-state index in [2.05, 4.69) is 176 Å². The molecule has 0 saturated heterocycles. The molecule has 0 fully saturated rings. The molecule has 3 unspecified atom stereocenters. The van der Waals surface area contributed by atoms with Gasteiger partial charge in [0, 0.05) is 42.1 Å². The molecule has 0 nitrogen and oxygen atoms in total. The van der Waals surface area contributed by atoms with Gasteiger partial charge in [-0.15, -0.1) is 0 Å². The smallest absolute Gasteiger partial charge is 0 e. The molecule has 2 heteroatoms. The Kier molecular flexibility index (Phi) is 28.4. The van der Waals surface area contributed by atoms with Gasteiger partial charge in [0.2, 0.25) is 0 Å². The van der Waals surface area contributed by atoms with Gasteiger partial charge in [-0.25, -0.2) is 0 Å². The third-order valence-corrected chi connectivity index (χ3v) is 9.63. The summed E-state index contributed by atoms with van der Waals surface area (Å²) in [5, 5.41) is 0. The minimum Gasteiger partial charge on any atom is -0.331 e. The molecule has 0 saturated carbocycles. The van der Waals surface area contributed by atoms with E-state index in [1.54, 1.807) is 16.7 Å². The Morgan fingerprint density at radius 1 is 0.438 bits per heavy atom. The van der Waals surface area contributed by atoms with Crippen LogP contribution in [0.3, 0.4) is 0 Å². The van der Waals surface area contributed by atoms with Crippen LogP contribution >= 0.6 is 0 Å². The van der Waals surface area contributed by atoms with Crippen LogP contribution in [0.2, 0.25) is 0 Å². The fourth-order valence-electron chi connectivity index (χ4n) is 6.94. The molecule has 0 heterocycles. The van der Waals surface area contributed by atoms with Crippen LogP contribution in [0.1, 0.15) is 160 Å². The van der Waals surface area contributed by atoms with Gasteiger partial charge in [0.15, 0.2) is 0 Å². The van der Waals surface area contributed by atoms with Crippen molar-refractivity contribution < 1.29 is 42.1 Å². The molecule has 278 valence electrons.